The molecule has 0 aromatic heterocycles. The van der Waals surface area contributed by atoms with Gasteiger partial charge in [0.15, 0.2) is 0 Å². The summed E-state index contributed by atoms with van der Waals surface area (Å²) in [7, 11) is -3.94. The van der Waals surface area contributed by atoms with E-state index in [0.717, 1.165) is 18.2 Å². The molecular weight excluding hydrogens is 503 g/mol. The number of sulfonamides is 1. The number of likely N-dealkylation sites (tertiary alicyclic amines) is 2. The van der Waals surface area contributed by atoms with Crippen LogP contribution in [0.15, 0.2) is 23.1 Å². The molecule has 13 heteroatoms. The third kappa shape index (κ3) is 5.12. The topological polar surface area (TPSA) is 117 Å². The Bertz CT molecular complexity index is 1110. The molecule has 3 amide bonds. The lowest BCUT2D eigenvalue weighted by molar-refractivity contribution is -0.139. The first-order chi connectivity index (χ1) is 16.6. The van der Waals surface area contributed by atoms with Crippen molar-refractivity contribution in [3.63, 3.8) is 0 Å². The molecule has 4 aliphatic rings. The fraction of sp³-hybridized carbons (Fsp3) is 0.636. The molecule has 192 valence electrons. The van der Waals surface area contributed by atoms with Gasteiger partial charge in [-0.25, -0.2) is 22.3 Å². The van der Waals surface area contributed by atoms with Crippen LogP contribution in [-0.4, -0.2) is 93.3 Å². The summed E-state index contributed by atoms with van der Waals surface area (Å²) in [6.07, 6.45) is 2.28. The SMILES string of the molecule is O=C1CO[C@H]2CCN(C(=O)N3CCC4(CC3)C[C@@H](NS(=O)(=O)c3ccc(F)cc3Cl)CO4)C[C@H]2N1. The Kier molecular flexibility index (Phi) is 6.68. The number of fused-ring (bicyclic) bond motifs is 1. The molecule has 4 saturated heterocycles. The molecule has 10 nitrogen and oxygen atoms in total. The average Bonchev–Trinajstić information content (AvgIpc) is 3.19. The number of benzene rings is 1. The molecule has 5 rings (SSSR count). The Morgan fingerprint density at radius 2 is 2.00 bits per heavy atom. The van der Waals surface area contributed by atoms with Gasteiger partial charge in [-0.05, 0) is 43.9 Å². The number of morpholine rings is 1. The number of carbonyl (C=O) groups is 2. The van der Waals surface area contributed by atoms with Crippen LogP contribution in [0.5, 0.6) is 0 Å². The normalized spacial score (nSPS) is 28.6. The molecule has 0 aliphatic carbocycles. The number of ether oxygens (including phenoxy) is 2. The Balaban J connectivity index is 1.15. The van der Waals surface area contributed by atoms with Gasteiger partial charge in [0.2, 0.25) is 15.9 Å². The Labute approximate surface area is 208 Å². The zero-order chi connectivity index (χ0) is 24.8. The van der Waals surface area contributed by atoms with E-state index < -0.39 is 27.5 Å². The number of nitrogens with one attached hydrogen (secondary N) is 2. The van der Waals surface area contributed by atoms with Gasteiger partial charge < -0.3 is 24.6 Å². The Morgan fingerprint density at radius 3 is 2.74 bits per heavy atom. The van der Waals surface area contributed by atoms with E-state index in [1.807, 2.05) is 0 Å². The van der Waals surface area contributed by atoms with Crippen LogP contribution >= 0.6 is 11.6 Å². The smallest absolute Gasteiger partial charge is 0.320 e. The summed E-state index contributed by atoms with van der Waals surface area (Å²) in [6.45, 7) is 2.26. The van der Waals surface area contributed by atoms with Crippen molar-refractivity contribution < 1.29 is 31.9 Å². The molecule has 4 heterocycles. The summed E-state index contributed by atoms with van der Waals surface area (Å²) in [5, 5.41) is 2.73. The van der Waals surface area contributed by atoms with E-state index >= 15 is 0 Å². The maximum Gasteiger partial charge on any atom is 0.320 e. The van der Waals surface area contributed by atoms with Crippen molar-refractivity contribution in [3.05, 3.63) is 29.0 Å². The molecule has 1 aromatic carbocycles. The molecule has 3 atom stereocenters. The van der Waals surface area contributed by atoms with Gasteiger partial charge in [-0.15, -0.1) is 0 Å². The van der Waals surface area contributed by atoms with Gasteiger partial charge in [0.1, 0.15) is 17.3 Å². The zero-order valence-electron chi connectivity index (χ0n) is 19.0. The highest BCUT2D eigenvalue weighted by atomic mass is 35.5. The third-order valence-electron chi connectivity index (χ3n) is 7.25. The van der Waals surface area contributed by atoms with Crippen molar-refractivity contribution in [1.29, 1.82) is 0 Å². The van der Waals surface area contributed by atoms with Crippen molar-refractivity contribution >= 4 is 33.6 Å². The van der Waals surface area contributed by atoms with E-state index in [0.29, 0.717) is 51.9 Å². The van der Waals surface area contributed by atoms with Crippen molar-refractivity contribution in [3.8, 4) is 0 Å². The maximum atomic E-state index is 13.3. The largest absolute Gasteiger partial charge is 0.373 e. The van der Waals surface area contributed by atoms with Crippen molar-refractivity contribution in [2.45, 2.75) is 54.4 Å². The molecule has 1 aromatic rings. The van der Waals surface area contributed by atoms with Gasteiger partial charge in [-0.1, -0.05) is 11.6 Å². The summed E-state index contributed by atoms with van der Waals surface area (Å²) >= 11 is 5.94. The van der Waals surface area contributed by atoms with Gasteiger partial charge in [-0.3, -0.25) is 4.79 Å². The molecule has 35 heavy (non-hydrogen) atoms. The van der Waals surface area contributed by atoms with E-state index in [-0.39, 0.29) is 47.2 Å². The molecule has 1 spiro atoms. The molecule has 0 bridgehead atoms. The lowest BCUT2D eigenvalue weighted by atomic mass is 9.87. The second kappa shape index (κ2) is 9.47. The van der Waals surface area contributed by atoms with Crippen LogP contribution in [0.2, 0.25) is 5.02 Å². The molecule has 4 fully saturated rings. The van der Waals surface area contributed by atoms with E-state index in [1.54, 1.807) is 9.80 Å². The first-order valence-electron chi connectivity index (χ1n) is 11.7. The summed E-state index contributed by atoms with van der Waals surface area (Å²) in [5.41, 5.74) is -0.505. The minimum Gasteiger partial charge on any atom is -0.373 e. The zero-order valence-corrected chi connectivity index (χ0v) is 20.6. The van der Waals surface area contributed by atoms with E-state index in [2.05, 4.69) is 10.0 Å². The second-order valence-electron chi connectivity index (χ2n) is 9.62. The monoisotopic (exact) mass is 530 g/mol. The standard InChI is InChI=1S/C22H28ClFN4O6S/c23-16-9-14(24)1-2-19(16)35(31,32)26-15-10-22(34-12-15)4-7-27(8-5-22)21(30)28-6-3-18-17(11-28)25-20(29)13-33-18/h1-2,9,15,17-18,26H,3-8,10-13H2,(H,25,29)/t15-,17-,18+/m1/s1. The van der Waals surface area contributed by atoms with Gasteiger partial charge in [0, 0.05) is 32.2 Å². The average molecular weight is 531 g/mol. The highest BCUT2D eigenvalue weighted by Gasteiger charge is 2.46. The fourth-order valence-electron chi connectivity index (χ4n) is 5.42. The lowest BCUT2D eigenvalue weighted by Crippen LogP contribution is -2.63. The van der Waals surface area contributed by atoms with Crippen LogP contribution in [0.1, 0.15) is 25.7 Å². The number of nitrogens with zero attached hydrogens (tertiary/aromatic N) is 2. The third-order valence-corrected chi connectivity index (χ3v) is 9.26. The van der Waals surface area contributed by atoms with Crippen LogP contribution in [0.3, 0.4) is 0 Å². The highest BCUT2D eigenvalue weighted by molar-refractivity contribution is 7.89. The maximum absolute atomic E-state index is 13.3. The van der Waals surface area contributed by atoms with Crippen LogP contribution in [0.4, 0.5) is 9.18 Å². The number of piperidine rings is 2. The van der Waals surface area contributed by atoms with Crippen molar-refractivity contribution in [2.75, 3.05) is 39.4 Å². The summed E-state index contributed by atoms with van der Waals surface area (Å²) < 4.78 is 53.1. The van der Waals surface area contributed by atoms with Crippen molar-refractivity contribution in [2.24, 2.45) is 0 Å². The van der Waals surface area contributed by atoms with Gasteiger partial charge in [0.25, 0.3) is 0 Å². The van der Waals surface area contributed by atoms with Crippen LogP contribution in [-0.2, 0) is 24.3 Å². The Morgan fingerprint density at radius 1 is 1.23 bits per heavy atom. The van der Waals surface area contributed by atoms with Gasteiger partial charge in [-0.2, -0.15) is 0 Å². The summed E-state index contributed by atoms with van der Waals surface area (Å²) in [5.74, 6) is -0.773. The summed E-state index contributed by atoms with van der Waals surface area (Å²) in [4.78, 5) is 28.1. The predicted molar refractivity (Wildman–Crippen MR) is 123 cm³/mol. The van der Waals surface area contributed by atoms with Crippen LogP contribution < -0.4 is 10.0 Å². The predicted octanol–water partition coefficient (Wildman–Crippen LogP) is 1.09. The van der Waals surface area contributed by atoms with E-state index in [9.17, 15) is 22.4 Å². The Hall–Kier alpha value is -1.99. The fourth-order valence-corrected chi connectivity index (χ4v) is 7.18. The molecule has 2 N–H and O–H groups in total. The minimum absolute atomic E-state index is 0.0567. The molecule has 0 saturated carbocycles. The van der Waals surface area contributed by atoms with Gasteiger partial charge in [0.05, 0.1) is 29.4 Å². The van der Waals surface area contributed by atoms with Crippen LogP contribution in [0, 0.1) is 5.82 Å². The molecule has 0 unspecified atom stereocenters. The molecule has 0 radical (unpaired) electrons. The van der Waals surface area contributed by atoms with Crippen LogP contribution in [0.25, 0.3) is 0 Å². The lowest BCUT2D eigenvalue weighted by Gasteiger charge is -2.44. The van der Waals surface area contributed by atoms with Crippen molar-refractivity contribution in [1.82, 2.24) is 19.8 Å². The quantitative estimate of drug-likeness (QED) is 0.604. The first-order valence-corrected chi connectivity index (χ1v) is 13.6. The highest BCUT2D eigenvalue weighted by Crippen LogP contribution is 2.37. The number of carbonyl (C=O) groups excluding carboxylic acids is 2. The second-order valence-corrected chi connectivity index (χ2v) is 11.7. The minimum atomic E-state index is -3.94. The van der Waals surface area contributed by atoms with Gasteiger partial charge >= 0.3 is 6.03 Å². The first kappa shape index (κ1) is 24.7. The number of hydrogen-bond acceptors (Lipinski definition) is 6. The number of amides is 3. The molecular formula is C22H28ClFN4O6S. The number of hydrogen-bond donors (Lipinski definition) is 2. The summed E-state index contributed by atoms with van der Waals surface area (Å²) in [6, 6.07) is 2.46. The van der Waals surface area contributed by atoms with E-state index in [4.69, 9.17) is 21.1 Å². The number of rotatable bonds is 3. The number of halogens is 2. The number of urea groups is 1. The van der Waals surface area contributed by atoms with E-state index in [1.165, 1.54) is 0 Å². The molecule has 4 aliphatic heterocycles.